The summed E-state index contributed by atoms with van der Waals surface area (Å²) < 4.78 is 0.602. The Balaban J connectivity index is 2.22. The van der Waals surface area contributed by atoms with Crippen molar-refractivity contribution in [3.05, 3.63) is 57.5 Å². The first-order valence-corrected chi connectivity index (χ1v) is 5.62. The Hall–Kier alpha value is -0.930. The van der Waals surface area contributed by atoms with Gasteiger partial charge in [0.25, 0.3) is 0 Å². The Labute approximate surface area is 101 Å². The van der Waals surface area contributed by atoms with Gasteiger partial charge < -0.3 is 0 Å². The van der Waals surface area contributed by atoms with Crippen LogP contribution in [-0.2, 0) is 6.42 Å². The van der Waals surface area contributed by atoms with Crippen molar-refractivity contribution < 1.29 is 0 Å². The lowest BCUT2D eigenvalue weighted by atomic mass is 10.1. The van der Waals surface area contributed by atoms with Crippen molar-refractivity contribution in [3.63, 3.8) is 0 Å². The van der Waals surface area contributed by atoms with E-state index >= 15 is 0 Å². The van der Waals surface area contributed by atoms with Crippen LogP contribution in [0.25, 0.3) is 0 Å². The number of rotatable bonds is 2. The van der Waals surface area contributed by atoms with E-state index in [1.165, 1.54) is 0 Å². The summed E-state index contributed by atoms with van der Waals surface area (Å²) in [5.41, 5.74) is 2.14. The number of benzene rings is 1. The SMILES string of the molecule is Clc1ccccc1Cc1cnc(Br)nc1. The molecule has 1 heterocycles. The molecule has 0 fully saturated rings. The van der Waals surface area contributed by atoms with E-state index in [1.54, 1.807) is 12.4 Å². The minimum Gasteiger partial charge on any atom is -0.230 e. The average molecular weight is 284 g/mol. The highest BCUT2D eigenvalue weighted by molar-refractivity contribution is 9.10. The van der Waals surface area contributed by atoms with Gasteiger partial charge in [0.15, 0.2) is 4.73 Å². The van der Waals surface area contributed by atoms with Gasteiger partial charge in [-0.15, -0.1) is 0 Å². The second kappa shape index (κ2) is 4.73. The van der Waals surface area contributed by atoms with Crippen LogP contribution in [0.5, 0.6) is 0 Å². The molecule has 0 saturated carbocycles. The molecule has 2 rings (SSSR count). The fraction of sp³-hybridized carbons (Fsp3) is 0.0909. The van der Waals surface area contributed by atoms with E-state index in [0.29, 0.717) is 4.73 Å². The zero-order chi connectivity index (χ0) is 10.7. The van der Waals surface area contributed by atoms with Crippen LogP contribution < -0.4 is 0 Å². The quantitative estimate of drug-likeness (QED) is 0.789. The van der Waals surface area contributed by atoms with Crippen LogP contribution >= 0.6 is 27.5 Å². The summed E-state index contributed by atoms with van der Waals surface area (Å²) in [6.45, 7) is 0. The van der Waals surface area contributed by atoms with Gasteiger partial charge in [-0.1, -0.05) is 29.8 Å². The minimum absolute atomic E-state index is 0.602. The zero-order valence-electron chi connectivity index (χ0n) is 7.82. The largest absolute Gasteiger partial charge is 0.230 e. The molecular weight excluding hydrogens is 275 g/mol. The summed E-state index contributed by atoms with van der Waals surface area (Å²) in [7, 11) is 0. The summed E-state index contributed by atoms with van der Waals surface area (Å²) in [6, 6.07) is 7.78. The number of aromatic nitrogens is 2. The van der Waals surface area contributed by atoms with Gasteiger partial charge in [-0.3, -0.25) is 0 Å². The molecule has 2 aromatic rings. The Morgan fingerprint density at radius 3 is 2.47 bits per heavy atom. The molecule has 2 nitrogen and oxygen atoms in total. The van der Waals surface area contributed by atoms with Crippen LogP contribution in [0.4, 0.5) is 0 Å². The highest BCUT2D eigenvalue weighted by Gasteiger charge is 2.01. The highest BCUT2D eigenvalue weighted by Crippen LogP contribution is 2.18. The van der Waals surface area contributed by atoms with Gasteiger partial charge >= 0.3 is 0 Å². The molecular formula is C11H8BrClN2. The molecule has 4 heteroatoms. The average Bonchev–Trinajstić information content (AvgIpc) is 2.25. The molecule has 0 aliphatic rings. The van der Waals surface area contributed by atoms with Crippen molar-refractivity contribution >= 4 is 27.5 Å². The predicted octanol–water partition coefficient (Wildman–Crippen LogP) is 3.48. The molecule has 0 radical (unpaired) electrons. The molecule has 76 valence electrons. The maximum absolute atomic E-state index is 6.06. The van der Waals surface area contributed by atoms with E-state index in [9.17, 15) is 0 Å². The summed E-state index contributed by atoms with van der Waals surface area (Å²) in [4.78, 5) is 8.13. The topological polar surface area (TPSA) is 25.8 Å². The molecule has 15 heavy (non-hydrogen) atoms. The van der Waals surface area contributed by atoms with E-state index < -0.39 is 0 Å². The fourth-order valence-corrected chi connectivity index (χ4v) is 1.70. The van der Waals surface area contributed by atoms with Crippen molar-refractivity contribution in [1.82, 2.24) is 9.97 Å². The van der Waals surface area contributed by atoms with E-state index in [-0.39, 0.29) is 0 Å². The van der Waals surface area contributed by atoms with Crippen LogP contribution in [-0.4, -0.2) is 9.97 Å². The lowest BCUT2D eigenvalue weighted by molar-refractivity contribution is 1.04. The van der Waals surface area contributed by atoms with Gasteiger partial charge in [0, 0.05) is 23.8 Å². The van der Waals surface area contributed by atoms with Gasteiger partial charge in [0.05, 0.1) is 0 Å². The fourth-order valence-electron chi connectivity index (χ4n) is 1.29. The summed E-state index contributed by atoms with van der Waals surface area (Å²) in [6.07, 6.45) is 4.34. The summed E-state index contributed by atoms with van der Waals surface area (Å²) >= 11 is 9.25. The van der Waals surface area contributed by atoms with Gasteiger partial charge in [-0.05, 0) is 33.1 Å². The number of halogens is 2. The van der Waals surface area contributed by atoms with Gasteiger partial charge in [-0.2, -0.15) is 0 Å². The van der Waals surface area contributed by atoms with Crippen LogP contribution in [0, 0.1) is 0 Å². The summed E-state index contributed by atoms with van der Waals surface area (Å²) in [5, 5.41) is 0.778. The van der Waals surface area contributed by atoms with Crippen molar-refractivity contribution in [3.8, 4) is 0 Å². The van der Waals surface area contributed by atoms with E-state index in [1.807, 2.05) is 24.3 Å². The van der Waals surface area contributed by atoms with E-state index in [4.69, 9.17) is 11.6 Å². The number of nitrogens with zero attached hydrogens (tertiary/aromatic N) is 2. The highest BCUT2D eigenvalue weighted by atomic mass is 79.9. The summed E-state index contributed by atoms with van der Waals surface area (Å²) in [5.74, 6) is 0. The second-order valence-corrected chi connectivity index (χ2v) is 4.25. The molecule has 0 amide bonds. The molecule has 0 aliphatic heterocycles. The molecule has 0 aliphatic carbocycles. The molecule has 0 atom stereocenters. The Bertz CT molecular complexity index is 456. The normalized spacial score (nSPS) is 10.3. The molecule has 0 N–H and O–H groups in total. The molecule has 0 saturated heterocycles. The minimum atomic E-state index is 0.602. The van der Waals surface area contributed by atoms with Gasteiger partial charge in [0.2, 0.25) is 0 Å². The number of hydrogen-bond acceptors (Lipinski definition) is 2. The Morgan fingerprint density at radius 1 is 1.13 bits per heavy atom. The maximum Gasteiger partial charge on any atom is 0.196 e. The smallest absolute Gasteiger partial charge is 0.196 e. The molecule has 0 bridgehead atoms. The first kappa shape index (κ1) is 10.6. The maximum atomic E-state index is 6.06. The molecule has 1 aromatic carbocycles. The Morgan fingerprint density at radius 2 is 1.80 bits per heavy atom. The third kappa shape index (κ3) is 2.76. The lowest BCUT2D eigenvalue weighted by Gasteiger charge is -2.03. The van der Waals surface area contributed by atoms with E-state index in [2.05, 4.69) is 25.9 Å². The van der Waals surface area contributed by atoms with Crippen LogP contribution in [0.3, 0.4) is 0 Å². The first-order chi connectivity index (χ1) is 7.25. The monoisotopic (exact) mass is 282 g/mol. The van der Waals surface area contributed by atoms with Crippen LogP contribution in [0.1, 0.15) is 11.1 Å². The van der Waals surface area contributed by atoms with Crippen LogP contribution in [0.2, 0.25) is 5.02 Å². The number of hydrogen-bond donors (Lipinski definition) is 0. The zero-order valence-corrected chi connectivity index (χ0v) is 10.2. The van der Waals surface area contributed by atoms with Gasteiger partial charge in [-0.25, -0.2) is 9.97 Å². The van der Waals surface area contributed by atoms with Gasteiger partial charge in [0.1, 0.15) is 0 Å². The Kier molecular flexibility index (Phi) is 3.34. The molecule has 1 aromatic heterocycles. The first-order valence-electron chi connectivity index (χ1n) is 4.45. The molecule has 0 spiro atoms. The van der Waals surface area contributed by atoms with Crippen molar-refractivity contribution in [2.24, 2.45) is 0 Å². The standard InChI is InChI=1S/C11H8BrClN2/c12-11-14-6-8(7-15-11)5-9-3-1-2-4-10(9)13/h1-4,6-7H,5H2. The lowest BCUT2D eigenvalue weighted by Crippen LogP contribution is -1.92. The third-order valence-electron chi connectivity index (χ3n) is 2.03. The van der Waals surface area contributed by atoms with E-state index in [0.717, 1.165) is 22.6 Å². The predicted molar refractivity (Wildman–Crippen MR) is 64.0 cm³/mol. The second-order valence-electron chi connectivity index (χ2n) is 3.13. The molecule has 0 unspecified atom stereocenters. The van der Waals surface area contributed by atoms with Crippen molar-refractivity contribution in [2.45, 2.75) is 6.42 Å². The van der Waals surface area contributed by atoms with Crippen molar-refractivity contribution in [2.75, 3.05) is 0 Å². The third-order valence-corrected chi connectivity index (χ3v) is 2.80. The van der Waals surface area contributed by atoms with Crippen molar-refractivity contribution in [1.29, 1.82) is 0 Å². The van der Waals surface area contributed by atoms with Crippen LogP contribution in [0.15, 0.2) is 41.4 Å².